The highest BCUT2D eigenvalue weighted by Gasteiger charge is 2.30. The minimum Gasteiger partial charge on any atom is -0.431 e. The summed E-state index contributed by atoms with van der Waals surface area (Å²) in [5, 5.41) is 4.70. The zero-order valence-electron chi connectivity index (χ0n) is 19.1. The Bertz CT molecular complexity index is 1320. The molecular weight excluding hydrogens is 430 g/mol. The predicted molar refractivity (Wildman–Crippen MR) is 128 cm³/mol. The second-order valence-electron chi connectivity index (χ2n) is 8.49. The molecule has 2 aromatic heterocycles. The molecule has 8 nitrogen and oxygen atoms in total. The van der Waals surface area contributed by atoms with Gasteiger partial charge >= 0.3 is 5.69 Å². The van der Waals surface area contributed by atoms with E-state index in [4.69, 9.17) is 9.52 Å². The quantitative estimate of drug-likeness (QED) is 0.440. The van der Waals surface area contributed by atoms with Gasteiger partial charge in [-0.3, -0.25) is 9.36 Å². The largest absolute Gasteiger partial charge is 0.431 e. The van der Waals surface area contributed by atoms with Crippen LogP contribution in [0, 0.1) is 0 Å². The number of rotatable bonds is 6. The smallest absolute Gasteiger partial charge is 0.346 e. The molecule has 2 aromatic carbocycles. The van der Waals surface area contributed by atoms with E-state index < -0.39 is 0 Å². The lowest BCUT2D eigenvalue weighted by molar-refractivity contribution is 0.0679. The van der Waals surface area contributed by atoms with Crippen molar-refractivity contribution < 1.29 is 9.21 Å². The van der Waals surface area contributed by atoms with Gasteiger partial charge in [0.25, 0.3) is 5.91 Å². The van der Waals surface area contributed by atoms with Crippen molar-refractivity contribution in [3.05, 3.63) is 94.5 Å². The highest BCUT2D eigenvalue weighted by Crippen LogP contribution is 2.28. The molecular formula is C26H27N5O3. The number of hydrogen-bond acceptors (Lipinski definition) is 5. The number of carbonyl (C=O) groups excluding carboxylic acids is 1. The molecule has 0 saturated carbocycles. The number of hydrogen-bond donors (Lipinski definition) is 0. The minimum atomic E-state index is -0.157. The van der Waals surface area contributed by atoms with Crippen LogP contribution in [-0.4, -0.2) is 43.2 Å². The molecule has 8 heteroatoms. The second kappa shape index (κ2) is 9.51. The van der Waals surface area contributed by atoms with E-state index in [2.05, 4.69) is 4.98 Å². The molecule has 4 aromatic rings. The zero-order valence-corrected chi connectivity index (χ0v) is 19.1. The highest BCUT2D eigenvalue weighted by atomic mass is 16.4. The van der Waals surface area contributed by atoms with Gasteiger partial charge in [-0.25, -0.2) is 14.5 Å². The fourth-order valence-electron chi connectivity index (χ4n) is 4.50. The lowest BCUT2D eigenvalue weighted by Crippen LogP contribution is -2.38. The van der Waals surface area contributed by atoms with Crippen LogP contribution >= 0.6 is 0 Å². The number of nitrogens with zero attached hydrogens (tertiary/aromatic N) is 5. The third-order valence-corrected chi connectivity index (χ3v) is 6.33. The van der Waals surface area contributed by atoms with Crippen LogP contribution < -0.4 is 5.69 Å². The molecule has 3 heterocycles. The van der Waals surface area contributed by atoms with Crippen molar-refractivity contribution in [2.75, 3.05) is 13.1 Å². The summed E-state index contributed by atoms with van der Waals surface area (Å²) in [6, 6.07) is 19.4. The molecule has 0 atom stereocenters. The average Bonchev–Trinajstić information content (AvgIpc) is 3.50. The lowest BCUT2D eigenvalue weighted by atomic mass is 9.95. The van der Waals surface area contributed by atoms with Crippen molar-refractivity contribution in [2.45, 2.75) is 38.8 Å². The monoisotopic (exact) mass is 457 g/mol. The van der Waals surface area contributed by atoms with Gasteiger partial charge in [0.2, 0.25) is 11.7 Å². The molecule has 174 valence electrons. The van der Waals surface area contributed by atoms with Gasteiger partial charge in [0.1, 0.15) is 5.82 Å². The number of piperidine rings is 1. The molecule has 0 N–H and O–H groups in total. The van der Waals surface area contributed by atoms with Gasteiger partial charge in [-0.05, 0) is 37.5 Å². The van der Waals surface area contributed by atoms with Gasteiger partial charge in [-0.2, -0.15) is 5.10 Å². The maximum absolute atomic E-state index is 13.0. The van der Waals surface area contributed by atoms with E-state index in [0.717, 1.165) is 29.8 Å². The second-order valence-corrected chi connectivity index (χ2v) is 8.49. The van der Waals surface area contributed by atoms with Crippen LogP contribution in [0.3, 0.4) is 0 Å². The number of likely N-dealkylation sites (tertiary alicyclic amines) is 1. The number of amides is 1. The first-order valence-electron chi connectivity index (χ1n) is 11.7. The average molecular weight is 458 g/mol. The molecule has 0 unspecified atom stereocenters. The maximum Gasteiger partial charge on any atom is 0.346 e. The van der Waals surface area contributed by atoms with E-state index >= 15 is 0 Å². The molecule has 1 saturated heterocycles. The van der Waals surface area contributed by atoms with Crippen LogP contribution in [0.2, 0.25) is 0 Å². The van der Waals surface area contributed by atoms with Crippen molar-refractivity contribution in [3.63, 3.8) is 0 Å². The van der Waals surface area contributed by atoms with Crippen LogP contribution in [0.4, 0.5) is 0 Å². The zero-order chi connectivity index (χ0) is 23.5. The fraction of sp³-hybridized carbons (Fsp3) is 0.308. The Morgan fingerprint density at radius 2 is 1.71 bits per heavy atom. The van der Waals surface area contributed by atoms with Gasteiger partial charge in [-0.1, -0.05) is 48.5 Å². The van der Waals surface area contributed by atoms with Gasteiger partial charge in [-0.15, -0.1) is 0 Å². The van der Waals surface area contributed by atoms with Crippen LogP contribution in [0.5, 0.6) is 0 Å². The Kier molecular flexibility index (Phi) is 6.12. The summed E-state index contributed by atoms with van der Waals surface area (Å²) < 4.78 is 9.05. The summed E-state index contributed by atoms with van der Waals surface area (Å²) in [4.78, 5) is 32.0. The first-order valence-corrected chi connectivity index (χ1v) is 11.7. The van der Waals surface area contributed by atoms with Gasteiger partial charge in [0.15, 0.2) is 0 Å². The van der Waals surface area contributed by atoms with Gasteiger partial charge in [0, 0.05) is 31.1 Å². The van der Waals surface area contributed by atoms with Crippen molar-refractivity contribution in [1.82, 2.24) is 24.2 Å². The topological polar surface area (TPSA) is 86.2 Å². The fourth-order valence-corrected chi connectivity index (χ4v) is 4.50. The van der Waals surface area contributed by atoms with Crippen molar-refractivity contribution in [1.29, 1.82) is 0 Å². The molecule has 5 rings (SSSR count). The Hall–Kier alpha value is -3.94. The number of carbonyl (C=O) groups is 1. The highest BCUT2D eigenvalue weighted by molar-refractivity contribution is 5.91. The van der Waals surface area contributed by atoms with Crippen molar-refractivity contribution >= 4 is 5.91 Å². The summed E-state index contributed by atoms with van der Waals surface area (Å²) in [5.74, 6) is 1.46. The van der Waals surface area contributed by atoms with Crippen molar-refractivity contribution in [3.8, 4) is 11.5 Å². The molecule has 1 fully saturated rings. The van der Waals surface area contributed by atoms with Crippen molar-refractivity contribution in [2.24, 2.45) is 0 Å². The van der Waals surface area contributed by atoms with Crippen LogP contribution in [-0.2, 0) is 13.1 Å². The number of oxazole rings is 1. The number of benzene rings is 2. The number of aromatic nitrogens is 4. The van der Waals surface area contributed by atoms with Crippen LogP contribution in [0.1, 0.15) is 47.6 Å². The first-order chi connectivity index (χ1) is 16.6. The Balaban J connectivity index is 1.27. The molecule has 0 aliphatic carbocycles. The summed E-state index contributed by atoms with van der Waals surface area (Å²) in [6.07, 6.45) is 2.98. The third-order valence-electron chi connectivity index (χ3n) is 6.33. The molecule has 1 aliphatic heterocycles. The van der Waals surface area contributed by atoms with E-state index in [1.165, 1.54) is 6.20 Å². The van der Waals surface area contributed by atoms with E-state index in [1.807, 2.05) is 67.6 Å². The molecule has 1 aliphatic rings. The first kappa shape index (κ1) is 21.9. The summed E-state index contributed by atoms with van der Waals surface area (Å²) in [7, 11) is 0. The SMILES string of the molecule is CCn1c(C2CCN(C(=O)c3cnc(-c4ccccc4)o3)CC2)nn(Cc2ccccc2)c1=O. The molecule has 34 heavy (non-hydrogen) atoms. The van der Waals surface area contributed by atoms with E-state index in [9.17, 15) is 9.59 Å². The maximum atomic E-state index is 13.0. The van der Waals surface area contributed by atoms with Crippen LogP contribution in [0.15, 0.2) is 76.1 Å². The molecule has 0 radical (unpaired) electrons. The third kappa shape index (κ3) is 4.31. The summed E-state index contributed by atoms with van der Waals surface area (Å²) in [6.45, 7) is 4.14. The van der Waals surface area contributed by atoms with E-state index in [1.54, 1.807) is 14.1 Å². The molecule has 1 amide bonds. The molecule has 0 spiro atoms. The Morgan fingerprint density at radius 1 is 1.03 bits per heavy atom. The Labute approximate surface area is 197 Å². The normalized spacial score (nSPS) is 14.4. The standard InChI is InChI=1S/C26H27N5O3/c1-2-30-23(28-31(26(30)33)18-19-9-5-3-6-10-19)20-13-15-29(16-14-20)25(32)22-17-27-24(34-22)21-11-7-4-8-12-21/h3-12,17,20H,2,13-16,18H2,1H3. The Morgan fingerprint density at radius 3 is 2.38 bits per heavy atom. The predicted octanol–water partition coefficient (Wildman–Crippen LogP) is 3.79. The summed E-state index contributed by atoms with van der Waals surface area (Å²) >= 11 is 0. The minimum absolute atomic E-state index is 0.0880. The molecule has 0 bridgehead atoms. The van der Waals surface area contributed by atoms with E-state index in [0.29, 0.717) is 32.1 Å². The van der Waals surface area contributed by atoms with Gasteiger partial charge < -0.3 is 9.32 Å². The summed E-state index contributed by atoms with van der Waals surface area (Å²) in [5.41, 5.74) is 1.79. The van der Waals surface area contributed by atoms with Gasteiger partial charge in [0.05, 0.1) is 12.7 Å². The lowest BCUT2D eigenvalue weighted by Gasteiger charge is -2.30. The van der Waals surface area contributed by atoms with E-state index in [-0.39, 0.29) is 23.3 Å². The van der Waals surface area contributed by atoms with Crippen LogP contribution in [0.25, 0.3) is 11.5 Å².